The number of halogens is 2. The highest BCUT2D eigenvalue weighted by Gasteiger charge is 2.39. The van der Waals surface area contributed by atoms with Crippen LogP contribution in [0.25, 0.3) is 11.4 Å². The summed E-state index contributed by atoms with van der Waals surface area (Å²) in [6, 6.07) is 2.86. The third-order valence-corrected chi connectivity index (χ3v) is 6.64. The van der Waals surface area contributed by atoms with Gasteiger partial charge in [-0.1, -0.05) is 13.3 Å². The van der Waals surface area contributed by atoms with Crippen molar-refractivity contribution in [1.29, 1.82) is 0 Å². The molecule has 31 heavy (non-hydrogen) atoms. The zero-order valence-corrected chi connectivity index (χ0v) is 17.4. The van der Waals surface area contributed by atoms with Gasteiger partial charge in [-0.05, 0) is 43.7 Å². The van der Waals surface area contributed by atoms with Crippen LogP contribution in [-0.4, -0.2) is 34.1 Å². The minimum absolute atomic E-state index is 0.0908. The number of nitrogens with zero attached hydrogens (tertiary/aromatic N) is 4. The van der Waals surface area contributed by atoms with E-state index in [2.05, 4.69) is 27.1 Å². The number of cyclic esters (lactones) is 1. The monoisotopic (exact) mass is 429 g/mol. The maximum atomic E-state index is 13.8. The van der Waals surface area contributed by atoms with Crippen molar-refractivity contribution in [2.45, 2.75) is 51.6 Å². The van der Waals surface area contributed by atoms with Gasteiger partial charge in [0.2, 0.25) is 0 Å². The maximum absolute atomic E-state index is 13.8. The summed E-state index contributed by atoms with van der Waals surface area (Å²) in [5.41, 5.74) is 1.33. The number of piperidine rings is 1. The van der Waals surface area contributed by atoms with Gasteiger partial charge in [0.25, 0.3) is 6.43 Å². The van der Waals surface area contributed by atoms with Crippen LogP contribution in [0.5, 0.6) is 0 Å². The van der Waals surface area contributed by atoms with Gasteiger partial charge >= 0.3 is 6.09 Å². The number of carbonyl (C=O) groups is 1. The molecule has 4 heterocycles. The summed E-state index contributed by atoms with van der Waals surface area (Å²) < 4.78 is 33.1. The quantitative estimate of drug-likeness (QED) is 0.727. The maximum Gasteiger partial charge on any atom is 0.413 e. The summed E-state index contributed by atoms with van der Waals surface area (Å²) in [6.45, 7) is 3.77. The molecule has 164 valence electrons. The summed E-state index contributed by atoms with van der Waals surface area (Å²) in [4.78, 5) is 27.5. The lowest BCUT2D eigenvalue weighted by Gasteiger charge is -2.37. The lowest BCUT2D eigenvalue weighted by Crippen LogP contribution is -2.34. The van der Waals surface area contributed by atoms with Crippen LogP contribution in [0.2, 0.25) is 0 Å². The number of carbonyl (C=O) groups excluding carboxylic acids is 1. The molecule has 5 rings (SSSR count). The average molecular weight is 429 g/mol. The highest BCUT2D eigenvalue weighted by atomic mass is 19.3. The Bertz CT molecular complexity index is 990. The van der Waals surface area contributed by atoms with E-state index in [1.54, 1.807) is 0 Å². The standard InChI is InChI=1S/C22H25F2N5O2/c1-12-5-7-29(8-6-12)16-10-14(20(23)24)9-15(27-16)18-17-19(13-3-2-4-13)31-22(30)28-21(17)26-11-25-18/h9-13,19-20H,2-8H2,1H3,(H,25,26,28,30). The molecule has 1 atom stereocenters. The smallest absolute Gasteiger partial charge is 0.413 e. The van der Waals surface area contributed by atoms with Gasteiger partial charge in [0, 0.05) is 24.6 Å². The van der Waals surface area contributed by atoms with Gasteiger partial charge in [0.15, 0.2) is 0 Å². The Hall–Kier alpha value is -2.84. The van der Waals surface area contributed by atoms with Crippen molar-refractivity contribution in [3.05, 3.63) is 29.6 Å². The first kappa shape index (κ1) is 20.1. The van der Waals surface area contributed by atoms with Crippen LogP contribution in [0.4, 0.5) is 25.2 Å². The Morgan fingerprint density at radius 2 is 1.94 bits per heavy atom. The molecule has 1 saturated heterocycles. The second-order valence-corrected chi connectivity index (χ2v) is 8.74. The van der Waals surface area contributed by atoms with Crippen molar-refractivity contribution in [3.8, 4) is 11.4 Å². The summed E-state index contributed by atoms with van der Waals surface area (Å²) in [6.07, 6.45) is 2.61. The fraction of sp³-hybridized carbons (Fsp3) is 0.545. The van der Waals surface area contributed by atoms with Gasteiger partial charge in [0.1, 0.15) is 29.8 Å². The third kappa shape index (κ3) is 3.81. The largest absolute Gasteiger partial charge is 0.441 e. The van der Waals surface area contributed by atoms with Crippen LogP contribution in [0, 0.1) is 11.8 Å². The third-order valence-electron chi connectivity index (χ3n) is 6.64. The number of ether oxygens (including phenoxy) is 1. The number of rotatable bonds is 4. The predicted octanol–water partition coefficient (Wildman–Crippen LogP) is 5.12. The van der Waals surface area contributed by atoms with Crippen molar-refractivity contribution in [3.63, 3.8) is 0 Å². The van der Waals surface area contributed by atoms with Gasteiger partial charge in [0.05, 0.1) is 11.3 Å². The van der Waals surface area contributed by atoms with Crippen LogP contribution >= 0.6 is 0 Å². The average Bonchev–Trinajstić information content (AvgIpc) is 2.72. The molecule has 9 heteroatoms. The van der Waals surface area contributed by atoms with Crippen molar-refractivity contribution in [2.24, 2.45) is 11.8 Å². The molecule has 1 N–H and O–H groups in total. The Balaban J connectivity index is 1.60. The molecule has 0 aromatic carbocycles. The van der Waals surface area contributed by atoms with E-state index in [1.165, 1.54) is 18.5 Å². The fourth-order valence-electron chi connectivity index (χ4n) is 4.53. The SMILES string of the molecule is CC1CCN(c2cc(C(F)F)cc(-c3ncnc4c3C(C3CCC3)OC(=O)N4)n2)CC1. The number of amides is 1. The molecule has 2 aromatic heterocycles. The van der Waals surface area contributed by atoms with E-state index in [0.29, 0.717) is 34.5 Å². The van der Waals surface area contributed by atoms with Crippen molar-refractivity contribution >= 4 is 17.7 Å². The lowest BCUT2D eigenvalue weighted by atomic mass is 9.78. The number of hydrogen-bond acceptors (Lipinski definition) is 6. The number of hydrogen-bond donors (Lipinski definition) is 1. The number of fused-ring (bicyclic) bond motifs is 1. The first-order chi connectivity index (χ1) is 15.0. The van der Waals surface area contributed by atoms with Gasteiger partial charge in [-0.2, -0.15) is 0 Å². The summed E-state index contributed by atoms with van der Waals surface area (Å²) in [5.74, 6) is 1.70. The van der Waals surface area contributed by atoms with Crippen LogP contribution < -0.4 is 10.2 Å². The number of pyridine rings is 1. The van der Waals surface area contributed by atoms with Crippen LogP contribution in [0.1, 0.15) is 62.7 Å². The van der Waals surface area contributed by atoms with Gasteiger partial charge < -0.3 is 9.64 Å². The predicted molar refractivity (Wildman–Crippen MR) is 111 cm³/mol. The van der Waals surface area contributed by atoms with E-state index in [1.807, 2.05) is 0 Å². The lowest BCUT2D eigenvalue weighted by molar-refractivity contribution is 0.0361. The zero-order chi connectivity index (χ0) is 21.5. The summed E-state index contributed by atoms with van der Waals surface area (Å²) in [5, 5.41) is 2.62. The van der Waals surface area contributed by atoms with Gasteiger partial charge in [-0.15, -0.1) is 0 Å². The normalized spacial score (nSPS) is 22.0. The molecule has 1 saturated carbocycles. The molecule has 1 unspecified atom stereocenters. The number of aromatic nitrogens is 3. The zero-order valence-electron chi connectivity index (χ0n) is 17.4. The van der Waals surface area contributed by atoms with Crippen molar-refractivity contribution in [2.75, 3.05) is 23.3 Å². The Morgan fingerprint density at radius 1 is 1.16 bits per heavy atom. The second kappa shape index (κ2) is 8.01. The minimum Gasteiger partial charge on any atom is -0.441 e. The Kier molecular flexibility index (Phi) is 5.19. The number of nitrogens with one attached hydrogen (secondary N) is 1. The Labute approximate surface area is 179 Å². The van der Waals surface area contributed by atoms with E-state index in [4.69, 9.17) is 9.72 Å². The van der Waals surface area contributed by atoms with Crippen molar-refractivity contribution < 1.29 is 18.3 Å². The molecule has 1 aliphatic carbocycles. The fourth-order valence-corrected chi connectivity index (χ4v) is 4.53. The molecule has 3 aliphatic rings. The van der Waals surface area contributed by atoms with Crippen LogP contribution in [-0.2, 0) is 4.74 Å². The molecule has 0 spiro atoms. The molecular weight excluding hydrogens is 404 g/mol. The highest BCUT2D eigenvalue weighted by molar-refractivity contribution is 5.88. The second-order valence-electron chi connectivity index (χ2n) is 8.74. The van der Waals surface area contributed by atoms with E-state index in [-0.39, 0.29) is 11.5 Å². The van der Waals surface area contributed by atoms with Crippen LogP contribution in [0.3, 0.4) is 0 Å². The molecular formula is C22H25F2N5O2. The first-order valence-corrected chi connectivity index (χ1v) is 10.9. The van der Waals surface area contributed by atoms with E-state index in [0.717, 1.165) is 45.2 Å². The molecule has 7 nitrogen and oxygen atoms in total. The molecule has 2 aliphatic heterocycles. The van der Waals surface area contributed by atoms with E-state index in [9.17, 15) is 13.6 Å². The summed E-state index contributed by atoms with van der Waals surface area (Å²) >= 11 is 0. The van der Waals surface area contributed by atoms with E-state index >= 15 is 0 Å². The summed E-state index contributed by atoms with van der Waals surface area (Å²) in [7, 11) is 0. The van der Waals surface area contributed by atoms with Crippen LogP contribution in [0.15, 0.2) is 18.5 Å². The van der Waals surface area contributed by atoms with Crippen molar-refractivity contribution in [1.82, 2.24) is 15.0 Å². The minimum atomic E-state index is -2.62. The van der Waals surface area contributed by atoms with Gasteiger partial charge in [-0.25, -0.2) is 28.5 Å². The number of anilines is 2. The topological polar surface area (TPSA) is 80.2 Å². The molecule has 2 aromatic rings. The Morgan fingerprint density at radius 3 is 2.61 bits per heavy atom. The molecule has 1 amide bonds. The highest BCUT2D eigenvalue weighted by Crippen LogP contribution is 2.46. The molecule has 2 fully saturated rings. The first-order valence-electron chi connectivity index (χ1n) is 10.9. The molecule has 0 bridgehead atoms. The van der Waals surface area contributed by atoms with Gasteiger partial charge in [-0.3, -0.25) is 5.32 Å². The van der Waals surface area contributed by atoms with E-state index < -0.39 is 18.6 Å². The molecule has 0 radical (unpaired) electrons. The number of alkyl halides is 2.